The molecule has 1 saturated heterocycles. The van der Waals surface area contributed by atoms with Gasteiger partial charge in [-0.05, 0) is 25.1 Å². The molecule has 2 fully saturated rings. The predicted octanol–water partition coefficient (Wildman–Crippen LogP) is 1.95. The summed E-state index contributed by atoms with van der Waals surface area (Å²) >= 11 is 12.2. The van der Waals surface area contributed by atoms with Crippen molar-refractivity contribution in [1.82, 2.24) is 5.32 Å². The van der Waals surface area contributed by atoms with Crippen LogP contribution >= 0.6 is 44.1 Å². The fourth-order valence-corrected chi connectivity index (χ4v) is 4.19. The van der Waals surface area contributed by atoms with Gasteiger partial charge in [0.05, 0.1) is 6.04 Å². The first-order chi connectivity index (χ1) is 5.66. The summed E-state index contributed by atoms with van der Waals surface area (Å²) in [7, 11) is 0. The molecule has 5 heteroatoms. The lowest BCUT2D eigenvalue weighted by molar-refractivity contribution is 0.171. The first kappa shape index (κ1) is 9.21. The third-order valence-electron chi connectivity index (χ3n) is 2.30. The Morgan fingerprint density at radius 1 is 1.42 bits per heavy atom. The molecule has 12 heavy (non-hydrogen) atoms. The maximum atomic E-state index is 5.47. The van der Waals surface area contributed by atoms with E-state index in [0.717, 1.165) is 12.8 Å². The van der Waals surface area contributed by atoms with Crippen LogP contribution in [-0.4, -0.2) is 27.0 Å². The first-order valence-corrected chi connectivity index (χ1v) is 6.16. The van der Waals surface area contributed by atoms with Gasteiger partial charge in [-0.3, -0.25) is 0 Å². The van der Waals surface area contributed by atoms with Crippen molar-refractivity contribution < 1.29 is 4.74 Å². The molecule has 0 amide bonds. The number of fused-ring (bicyclic) bond motifs is 1. The largest absolute Gasteiger partial charge is 0.465 e. The zero-order valence-corrected chi connectivity index (χ0v) is 10.3. The third kappa shape index (κ3) is 1.63. The molecule has 1 saturated carbocycles. The summed E-state index contributed by atoms with van der Waals surface area (Å²) in [5.41, 5.74) is 0. The monoisotopic (exact) mass is 313 g/mol. The number of hydrogen-bond acceptors (Lipinski definition) is 2. The van der Waals surface area contributed by atoms with Crippen molar-refractivity contribution in [3.8, 4) is 0 Å². The SMILES string of the molecule is S=C1NC2C(Br)CC(Br)CC2O1. The van der Waals surface area contributed by atoms with Crippen LogP contribution in [0.2, 0.25) is 0 Å². The molecule has 0 aromatic rings. The molecule has 2 nitrogen and oxygen atoms in total. The number of hydrogen-bond donors (Lipinski definition) is 1. The Hall–Kier alpha value is 0.650. The van der Waals surface area contributed by atoms with Crippen LogP contribution in [0.15, 0.2) is 0 Å². The second-order valence-electron chi connectivity index (χ2n) is 3.20. The van der Waals surface area contributed by atoms with Crippen LogP contribution in [0, 0.1) is 0 Å². The van der Waals surface area contributed by atoms with Gasteiger partial charge >= 0.3 is 0 Å². The molecule has 4 atom stereocenters. The van der Waals surface area contributed by atoms with E-state index in [1.54, 1.807) is 0 Å². The third-order valence-corrected chi connectivity index (χ3v) is 4.21. The summed E-state index contributed by atoms with van der Waals surface area (Å²) in [6.45, 7) is 0. The minimum absolute atomic E-state index is 0.250. The van der Waals surface area contributed by atoms with Crippen LogP contribution in [-0.2, 0) is 4.74 Å². The van der Waals surface area contributed by atoms with Gasteiger partial charge < -0.3 is 10.1 Å². The fraction of sp³-hybridized carbons (Fsp3) is 0.857. The van der Waals surface area contributed by atoms with Gasteiger partial charge in [-0.25, -0.2) is 0 Å². The lowest BCUT2D eigenvalue weighted by Crippen LogP contribution is -2.45. The molecule has 0 spiro atoms. The van der Waals surface area contributed by atoms with Crippen LogP contribution in [0.4, 0.5) is 0 Å². The van der Waals surface area contributed by atoms with Crippen LogP contribution in [0.25, 0.3) is 0 Å². The summed E-state index contributed by atoms with van der Waals surface area (Å²) in [5.74, 6) is 0. The van der Waals surface area contributed by atoms with Gasteiger partial charge in [0.25, 0.3) is 5.17 Å². The van der Waals surface area contributed by atoms with Gasteiger partial charge in [0, 0.05) is 9.65 Å². The van der Waals surface area contributed by atoms with Gasteiger partial charge in [0.1, 0.15) is 6.10 Å². The van der Waals surface area contributed by atoms with E-state index >= 15 is 0 Å². The number of thiocarbonyl (C=S) groups is 1. The number of halogens is 2. The minimum atomic E-state index is 0.250. The molecule has 0 bridgehead atoms. The number of rotatable bonds is 0. The van der Waals surface area contributed by atoms with E-state index in [2.05, 4.69) is 37.2 Å². The zero-order valence-electron chi connectivity index (χ0n) is 6.30. The Morgan fingerprint density at radius 3 is 2.92 bits per heavy atom. The Kier molecular flexibility index (Phi) is 2.63. The van der Waals surface area contributed by atoms with E-state index in [1.807, 2.05) is 0 Å². The van der Waals surface area contributed by atoms with Gasteiger partial charge in [-0.1, -0.05) is 31.9 Å². The van der Waals surface area contributed by atoms with E-state index in [0.29, 0.717) is 20.9 Å². The molecule has 2 aliphatic rings. The smallest absolute Gasteiger partial charge is 0.257 e. The average molecular weight is 315 g/mol. The van der Waals surface area contributed by atoms with Crippen LogP contribution in [0.1, 0.15) is 12.8 Å². The normalized spacial score (nSPS) is 46.3. The minimum Gasteiger partial charge on any atom is -0.465 e. The molecule has 1 aliphatic heterocycles. The van der Waals surface area contributed by atoms with Crippen LogP contribution in [0.5, 0.6) is 0 Å². The van der Waals surface area contributed by atoms with E-state index in [9.17, 15) is 0 Å². The lowest BCUT2D eigenvalue weighted by Gasteiger charge is -2.30. The summed E-state index contributed by atoms with van der Waals surface area (Å²) in [6, 6.07) is 0.367. The molecule has 4 unspecified atom stereocenters. The highest BCUT2D eigenvalue weighted by atomic mass is 79.9. The maximum Gasteiger partial charge on any atom is 0.257 e. The second-order valence-corrected chi connectivity index (χ2v) is 6.04. The van der Waals surface area contributed by atoms with Crippen molar-refractivity contribution in [2.75, 3.05) is 0 Å². The van der Waals surface area contributed by atoms with Crippen LogP contribution in [0.3, 0.4) is 0 Å². The molecular weight excluding hydrogens is 306 g/mol. The Labute approximate surface area is 93.7 Å². The van der Waals surface area contributed by atoms with Crippen molar-refractivity contribution in [3.05, 3.63) is 0 Å². The van der Waals surface area contributed by atoms with Gasteiger partial charge in [0.15, 0.2) is 0 Å². The highest BCUT2D eigenvalue weighted by molar-refractivity contribution is 9.10. The topological polar surface area (TPSA) is 21.3 Å². The molecule has 0 aromatic carbocycles. The summed E-state index contributed by atoms with van der Waals surface area (Å²) in [5, 5.41) is 3.72. The van der Waals surface area contributed by atoms with E-state index in [1.165, 1.54) is 0 Å². The molecule has 1 heterocycles. The second kappa shape index (κ2) is 3.42. The first-order valence-electron chi connectivity index (χ1n) is 3.92. The Morgan fingerprint density at radius 2 is 2.17 bits per heavy atom. The quantitative estimate of drug-likeness (QED) is 0.545. The average Bonchev–Trinajstić information content (AvgIpc) is 2.29. The Bertz CT molecular complexity index is 214. The molecule has 68 valence electrons. The van der Waals surface area contributed by atoms with Gasteiger partial charge in [-0.2, -0.15) is 0 Å². The highest BCUT2D eigenvalue weighted by Gasteiger charge is 2.42. The summed E-state index contributed by atoms with van der Waals surface area (Å²) < 4.78 is 5.47. The number of alkyl halides is 2. The van der Waals surface area contributed by atoms with Crippen molar-refractivity contribution in [2.45, 2.75) is 34.6 Å². The molecular formula is C7H9Br2NOS. The Balaban J connectivity index is 2.10. The van der Waals surface area contributed by atoms with Crippen LogP contribution < -0.4 is 5.32 Å². The number of ether oxygens (including phenoxy) is 1. The van der Waals surface area contributed by atoms with E-state index in [4.69, 9.17) is 17.0 Å². The fourth-order valence-electron chi connectivity index (χ4n) is 1.73. The van der Waals surface area contributed by atoms with E-state index in [-0.39, 0.29) is 6.10 Å². The predicted molar refractivity (Wildman–Crippen MR) is 59.1 cm³/mol. The molecule has 1 aliphatic carbocycles. The summed E-state index contributed by atoms with van der Waals surface area (Å²) in [6.07, 6.45) is 2.42. The standard InChI is InChI=1S/C7H9Br2NOS/c8-3-1-4(9)6-5(2-3)11-7(12)10-6/h3-6H,1-2H2,(H,10,12). The lowest BCUT2D eigenvalue weighted by atomic mass is 9.93. The highest BCUT2D eigenvalue weighted by Crippen LogP contribution is 2.33. The molecule has 0 aromatic heterocycles. The van der Waals surface area contributed by atoms with Crippen molar-refractivity contribution in [1.29, 1.82) is 0 Å². The van der Waals surface area contributed by atoms with Crippen molar-refractivity contribution in [3.63, 3.8) is 0 Å². The molecule has 1 N–H and O–H groups in total. The zero-order chi connectivity index (χ0) is 8.72. The number of nitrogens with one attached hydrogen (secondary N) is 1. The van der Waals surface area contributed by atoms with Gasteiger partial charge in [0.2, 0.25) is 0 Å². The summed E-state index contributed by atoms with van der Waals surface area (Å²) in [4.78, 5) is 1.01. The van der Waals surface area contributed by atoms with Crippen molar-refractivity contribution >= 4 is 49.3 Å². The van der Waals surface area contributed by atoms with Gasteiger partial charge in [-0.15, -0.1) is 0 Å². The molecule has 0 radical (unpaired) electrons. The van der Waals surface area contributed by atoms with Crippen molar-refractivity contribution in [2.24, 2.45) is 0 Å². The molecule has 2 rings (SSSR count). The maximum absolute atomic E-state index is 5.47. The van der Waals surface area contributed by atoms with E-state index < -0.39 is 0 Å².